The third-order valence-corrected chi connectivity index (χ3v) is 3.42. The predicted octanol–water partition coefficient (Wildman–Crippen LogP) is 0.627. The molecular weight excluding hydrogens is 270 g/mol. The fourth-order valence-electron chi connectivity index (χ4n) is 2.37. The number of likely N-dealkylation sites (tertiary alicyclic amines) is 1. The molecule has 0 saturated carbocycles. The summed E-state index contributed by atoms with van der Waals surface area (Å²) in [5.74, 6) is 1.11. The van der Waals surface area contributed by atoms with Gasteiger partial charge in [0, 0.05) is 25.2 Å². The van der Waals surface area contributed by atoms with Gasteiger partial charge in [-0.3, -0.25) is 9.69 Å². The SMILES string of the molecule is CCCOc1cc(NC2CCN(CC(N)=O)CC2)ncn1. The smallest absolute Gasteiger partial charge is 0.231 e. The topological polar surface area (TPSA) is 93.4 Å². The lowest BCUT2D eigenvalue weighted by Gasteiger charge is -2.31. The minimum absolute atomic E-state index is 0.269. The Morgan fingerprint density at radius 2 is 2.24 bits per heavy atom. The number of anilines is 1. The Labute approximate surface area is 124 Å². The lowest BCUT2D eigenvalue weighted by molar-refractivity contribution is -0.119. The highest BCUT2D eigenvalue weighted by Gasteiger charge is 2.20. The van der Waals surface area contributed by atoms with Gasteiger partial charge in [-0.2, -0.15) is 0 Å². The van der Waals surface area contributed by atoms with Crippen molar-refractivity contribution in [2.45, 2.75) is 32.2 Å². The van der Waals surface area contributed by atoms with Crippen LogP contribution in [0.3, 0.4) is 0 Å². The second kappa shape index (κ2) is 7.78. The first-order valence-electron chi connectivity index (χ1n) is 7.39. The predicted molar refractivity (Wildman–Crippen MR) is 80.1 cm³/mol. The summed E-state index contributed by atoms with van der Waals surface area (Å²) in [4.78, 5) is 21.3. The average molecular weight is 293 g/mol. The molecule has 116 valence electrons. The molecule has 1 fully saturated rings. The number of piperidine rings is 1. The van der Waals surface area contributed by atoms with Crippen LogP contribution in [-0.2, 0) is 4.79 Å². The van der Waals surface area contributed by atoms with Crippen LogP contribution in [0.4, 0.5) is 5.82 Å². The maximum atomic E-state index is 10.9. The third kappa shape index (κ3) is 5.18. The minimum atomic E-state index is -0.269. The van der Waals surface area contributed by atoms with Gasteiger partial charge in [-0.25, -0.2) is 9.97 Å². The first-order chi connectivity index (χ1) is 10.2. The van der Waals surface area contributed by atoms with E-state index in [2.05, 4.69) is 27.1 Å². The molecule has 0 unspecified atom stereocenters. The van der Waals surface area contributed by atoms with Crippen LogP contribution in [-0.4, -0.2) is 53.1 Å². The molecule has 1 aliphatic heterocycles. The number of aromatic nitrogens is 2. The van der Waals surface area contributed by atoms with E-state index < -0.39 is 0 Å². The van der Waals surface area contributed by atoms with Crippen LogP contribution in [0.5, 0.6) is 5.88 Å². The second-order valence-corrected chi connectivity index (χ2v) is 5.25. The Balaban J connectivity index is 1.81. The molecule has 0 spiro atoms. The van der Waals surface area contributed by atoms with Crippen molar-refractivity contribution in [3.05, 3.63) is 12.4 Å². The average Bonchev–Trinajstić information content (AvgIpc) is 2.47. The van der Waals surface area contributed by atoms with Crippen molar-refractivity contribution in [2.75, 3.05) is 31.6 Å². The molecule has 21 heavy (non-hydrogen) atoms. The number of carbonyl (C=O) groups is 1. The fraction of sp³-hybridized carbons (Fsp3) is 0.643. The summed E-state index contributed by atoms with van der Waals surface area (Å²) in [7, 11) is 0. The van der Waals surface area contributed by atoms with Crippen LogP contribution in [0.1, 0.15) is 26.2 Å². The highest BCUT2D eigenvalue weighted by molar-refractivity contribution is 5.75. The van der Waals surface area contributed by atoms with E-state index >= 15 is 0 Å². The third-order valence-electron chi connectivity index (χ3n) is 3.42. The van der Waals surface area contributed by atoms with Crippen LogP contribution in [0.2, 0.25) is 0 Å². The molecule has 3 N–H and O–H groups in total. The molecule has 0 atom stereocenters. The lowest BCUT2D eigenvalue weighted by Crippen LogP contribution is -2.43. The molecule has 1 saturated heterocycles. The zero-order valence-corrected chi connectivity index (χ0v) is 12.4. The summed E-state index contributed by atoms with van der Waals surface area (Å²) in [5, 5.41) is 3.40. The first-order valence-corrected chi connectivity index (χ1v) is 7.39. The molecule has 2 heterocycles. The van der Waals surface area contributed by atoms with Crippen molar-refractivity contribution < 1.29 is 9.53 Å². The number of nitrogens with zero attached hydrogens (tertiary/aromatic N) is 3. The van der Waals surface area contributed by atoms with Gasteiger partial charge in [0.1, 0.15) is 12.1 Å². The first kappa shape index (κ1) is 15.5. The van der Waals surface area contributed by atoms with Crippen molar-refractivity contribution in [1.82, 2.24) is 14.9 Å². The van der Waals surface area contributed by atoms with E-state index in [0.29, 0.717) is 25.1 Å². The van der Waals surface area contributed by atoms with Crippen molar-refractivity contribution in [2.24, 2.45) is 5.73 Å². The van der Waals surface area contributed by atoms with Crippen LogP contribution >= 0.6 is 0 Å². The van der Waals surface area contributed by atoms with Gasteiger partial charge in [0.2, 0.25) is 11.8 Å². The van der Waals surface area contributed by atoms with Crippen molar-refractivity contribution >= 4 is 11.7 Å². The second-order valence-electron chi connectivity index (χ2n) is 5.25. The van der Waals surface area contributed by atoms with Gasteiger partial charge in [-0.1, -0.05) is 6.92 Å². The molecular formula is C14H23N5O2. The van der Waals surface area contributed by atoms with E-state index in [1.54, 1.807) is 0 Å². The maximum absolute atomic E-state index is 10.9. The van der Waals surface area contributed by atoms with Gasteiger partial charge in [0.05, 0.1) is 13.2 Å². The molecule has 2 rings (SSSR count). The zero-order chi connectivity index (χ0) is 15.1. The molecule has 1 amide bonds. The Bertz CT molecular complexity index is 460. The van der Waals surface area contributed by atoms with Crippen molar-refractivity contribution in [3.8, 4) is 5.88 Å². The molecule has 7 nitrogen and oxygen atoms in total. The van der Waals surface area contributed by atoms with Crippen LogP contribution in [0.25, 0.3) is 0 Å². The number of ether oxygens (including phenoxy) is 1. The summed E-state index contributed by atoms with van der Waals surface area (Å²) < 4.78 is 5.50. The van der Waals surface area contributed by atoms with Gasteiger partial charge in [0.25, 0.3) is 0 Å². The molecule has 1 aromatic rings. The molecule has 0 aliphatic carbocycles. The normalized spacial score (nSPS) is 16.6. The van der Waals surface area contributed by atoms with Crippen LogP contribution in [0, 0.1) is 0 Å². The van der Waals surface area contributed by atoms with Gasteiger partial charge < -0.3 is 15.8 Å². The summed E-state index contributed by atoms with van der Waals surface area (Å²) in [6.45, 7) is 4.78. The molecule has 7 heteroatoms. The Morgan fingerprint density at radius 1 is 1.48 bits per heavy atom. The Hall–Kier alpha value is -1.89. The van der Waals surface area contributed by atoms with E-state index in [0.717, 1.165) is 38.2 Å². The van der Waals surface area contributed by atoms with Crippen molar-refractivity contribution in [1.29, 1.82) is 0 Å². The number of amides is 1. The van der Waals surface area contributed by atoms with E-state index in [1.165, 1.54) is 6.33 Å². The quantitative estimate of drug-likeness (QED) is 0.766. The Morgan fingerprint density at radius 3 is 2.90 bits per heavy atom. The number of hydrogen-bond acceptors (Lipinski definition) is 6. The van der Waals surface area contributed by atoms with Crippen LogP contribution in [0.15, 0.2) is 12.4 Å². The van der Waals surface area contributed by atoms with Crippen LogP contribution < -0.4 is 15.8 Å². The molecule has 1 aliphatic rings. The highest BCUT2D eigenvalue weighted by atomic mass is 16.5. The number of nitrogens with two attached hydrogens (primary N) is 1. The summed E-state index contributed by atoms with van der Waals surface area (Å²) >= 11 is 0. The molecule has 1 aromatic heterocycles. The van der Waals surface area contributed by atoms with E-state index in [9.17, 15) is 4.79 Å². The van der Waals surface area contributed by atoms with E-state index in [4.69, 9.17) is 10.5 Å². The van der Waals surface area contributed by atoms with Gasteiger partial charge in [-0.15, -0.1) is 0 Å². The molecule has 0 bridgehead atoms. The number of primary amides is 1. The van der Waals surface area contributed by atoms with Gasteiger partial charge in [-0.05, 0) is 19.3 Å². The standard InChI is InChI=1S/C14H23N5O2/c1-2-7-21-14-8-13(16-10-17-14)18-11-3-5-19(6-4-11)9-12(15)20/h8,10-11H,2-7,9H2,1H3,(H2,15,20)(H,16,17,18). The number of hydrogen-bond donors (Lipinski definition) is 2. The minimum Gasteiger partial charge on any atom is -0.478 e. The largest absolute Gasteiger partial charge is 0.478 e. The maximum Gasteiger partial charge on any atom is 0.231 e. The van der Waals surface area contributed by atoms with E-state index in [-0.39, 0.29) is 5.91 Å². The van der Waals surface area contributed by atoms with Gasteiger partial charge in [0.15, 0.2) is 0 Å². The van der Waals surface area contributed by atoms with E-state index in [1.807, 2.05) is 6.07 Å². The highest BCUT2D eigenvalue weighted by Crippen LogP contribution is 2.17. The summed E-state index contributed by atoms with van der Waals surface area (Å²) in [6, 6.07) is 2.17. The van der Waals surface area contributed by atoms with Gasteiger partial charge >= 0.3 is 0 Å². The monoisotopic (exact) mass is 293 g/mol. The van der Waals surface area contributed by atoms with Crippen molar-refractivity contribution in [3.63, 3.8) is 0 Å². The number of carbonyl (C=O) groups excluding carboxylic acids is 1. The summed E-state index contributed by atoms with van der Waals surface area (Å²) in [5.41, 5.74) is 5.21. The number of rotatable bonds is 7. The molecule has 0 radical (unpaired) electrons. The zero-order valence-electron chi connectivity index (χ0n) is 12.4. The fourth-order valence-corrected chi connectivity index (χ4v) is 2.37. The molecule has 0 aromatic carbocycles. The summed E-state index contributed by atoms with van der Waals surface area (Å²) in [6.07, 6.45) is 4.38. The Kier molecular flexibility index (Phi) is 5.74. The number of nitrogens with one attached hydrogen (secondary N) is 1. The lowest BCUT2D eigenvalue weighted by atomic mass is 10.1.